The van der Waals surface area contributed by atoms with Crippen molar-refractivity contribution < 1.29 is 4.79 Å². The quantitative estimate of drug-likeness (QED) is 0.655. The molecule has 0 radical (unpaired) electrons. The van der Waals surface area contributed by atoms with Gasteiger partial charge in [-0.2, -0.15) is 0 Å². The largest absolute Gasteiger partial charge is 0.352 e. The van der Waals surface area contributed by atoms with Crippen LogP contribution in [0.25, 0.3) is 0 Å². The Morgan fingerprint density at radius 2 is 1.80 bits per heavy atom. The number of rotatable bonds is 7. The van der Waals surface area contributed by atoms with Gasteiger partial charge in [-0.3, -0.25) is 9.69 Å². The van der Waals surface area contributed by atoms with E-state index in [2.05, 4.69) is 70.7 Å². The van der Waals surface area contributed by atoms with Crippen LogP contribution in [0.3, 0.4) is 0 Å². The molecule has 0 spiro atoms. The van der Waals surface area contributed by atoms with E-state index in [4.69, 9.17) is 0 Å². The summed E-state index contributed by atoms with van der Waals surface area (Å²) in [5.41, 5.74) is 5.02. The van der Waals surface area contributed by atoms with Gasteiger partial charge in [0.25, 0.3) is 0 Å². The number of nitrogens with one attached hydrogen (secondary N) is 1. The third kappa shape index (κ3) is 5.57. The van der Waals surface area contributed by atoms with Gasteiger partial charge in [-0.25, -0.2) is 4.98 Å². The summed E-state index contributed by atoms with van der Waals surface area (Å²) >= 11 is 0. The number of carbonyl (C=O) groups is 1. The van der Waals surface area contributed by atoms with Crippen molar-refractivity contribution in [3.8, 4) is 0 Å². The Kier molecular flexibility index (Phi) is 6.60. The molecule has 1 aromatic heterocycles. The standard InChI is InChI=1S/C25H30N4O/c1-20-3-2-4-23(15-20)18-28-12-9-24(10-13-28)25(30)27-16-21-5-7-22(8-6-21)17-29-14-11-26-19-29/h2-8,11,14-15,19,24H,9-10,12-13,16-18H2,1H3,(H,27,30). The zero-order chi connectivity index (χ0) is 20.8. The number of hydrogen-bond acceptors (Lipinski definition) is 3. The van der Waals surface area contributed by atoms with Gasteiger partial charge < -0.3 is 9.88 Å². The third-order valence-corrected chi connectivity index (χ3v) is 5.86. The molecule has 1 amide bonds. The highest BCUT2D eigenvalue weighted by Gasteiger charge is 2.24. The summed E-state index contributed by atoms with van der Waals surface area (Å²) < 4.78 is 2.04. The Hall–Kier alpha value is -2.92. The van der Waals surface area contributed by atoms with Gasteiger partial charge in [-0.15, -0.1) is 0 Å². The van der Waals surface area contributed by atoms with E-state index in [-0.39, 0.29) is 11.8 Å². The number of hydrogen-bond donors (Lipinski definition) is 1. The first kappa shape index (κ1) is 20.4. The molecule has 4 rings (SSSR count). The third-order valence-electron chi connectivity index (χ3n) is 5.86. The first-order chi connectivity index (χ1) is 14.7. The van der Waals surface area contributed by atoms with Gasteiger partial charge in [0.2, 0.25) is 5.91 Å². The molecule has 3 aromatic rings. The summed E-state index contributed by atoms with van der Waals surface area (Å²) in [6.45, 7) is 6.47. The van der Waals surface area contributed by atoms with Crippen molar-refractivity contribution in [2.45, 2.75) is 39.4 Å². The minimum atomic E-state index is 0.124. The number of benzene rings is 2. The van der Waals surface area contributed by atoms with E-state index in [9.17, 15) is 4.79 Å². The predicted molar refractivity (Wildman–Crippen MR) is 119 cm³/mol. The highest BCUT2D eigenvalue weighted by molar-refractivity contribution is 5.78. The molecule has 2 heterocycles. The monoisotopic (exact) mass is 402 g/mol. The molecular weight excluding hydrogens is 372 g/mol. The van der Waals surface area contributed by atoms with Crippen LogP contribution in [0.5, 0.6) is 0 Å². The van der Waals surface area contributed by atoms with Crippen LogP contribution >= 0.6 is 0 Å². The number of amides is 1. The van der Waals surface area contributed by atoms with E-state index >= 15 is 0 Å². The topological polar surface area (TPSA) is 50.2 Å². The Bertz CT molecular complexity index is 942. The molecule has 156 valence electrons. The lowest BCUT2D eigenvalue weighted by Gasteiger charge is -2.31. The molecule has 2 aromatic carbocycles. The first-order valence-corrected chi connectivity index (χ1v) is 10.7. The molecule has 5 nitrogen and oxygen atoms in total. The van der Waals surface area contributed by atoms with E-state index in [1.165, 1.54) is 16.7 Å². The second-order valence-corrected chi connectivity index (χ2v) is 8.31. The van der Waals surface area contributed by atoms with Gasteiger partial charge in [0.1, 0.15) is 0 Å². The van der Waals surface area contributed by atoms with Crippen LogP contribution in [0, 0.1) is 12.8 Å². The van der Waals surface area contributed by atoms with Crippen molar-refractivity contribution in [1.29, 1.82) is 0 Å². The first-order valence-electron chi connectivity index (χ1n) is 10.7. The Labute approximate surface area is 178 Å². The molecule has 1 fully saturated rings. The molecule has 1 N–H and O–H groups in total. The van der Waals surface area contributed by atoms with Gasteiger partial charge >= 0.3 is 0 Å². The number of likely N-dealkylation sites (tertiary alicyclic amines) is 1. The number of carbonyl (C=O) groups excluding carboxylic acids is 1. The van der Waals surface area contributed by atoms with E-state index in [1.807, 2.05) is 17.1 Å². The van der Waals surface area contributed by atoms with E-state index in [1.54, 1.807) is 6.20 Å². The van der Waals surface area contributed by atoms with Crippen LogP contribution in [0.4, 0.5) is 0 Å². The zero-order valence-electron chi connectivity index (χ0n) is 17.6. The number of aromatic nitrogens is 2. The number of nitrogens with zero attached hydrogens (tertiary/aromatic N) is 3. The second kappa shape index (κ2) is 9.72. The van der Waals surface area contributed by atoms with Crippen LogP contribution < -0.4 is 5.32 Å². The van der Waals surface area contributed by atoms with E-state index in [0.717, 1.165) is 44.6 Å². The fraction of sp³-hybridized carbons (Fsp3) is 0.360. The van der Waals surface area contributed by atoms with Crippen molar-refractivity contribution in [3.63, 3.8) is 0 Å². The molecule has 30 heavy (non-hydrogen) atoms. The van der Waals surface area contributed by atoms with Crippen LogP contribution in [-0.2, 0) is 24.4 Å². The molecule has 1 saturated heterocycles. The Morgan fingerprint density at radius 1 is 1.03 bits per heavy atom. The summed E-state index contributed by atoms with van der Waals surface area (Å²) in [6.07, 6.45) is 7.43. The Morgan fingerprint density at radius 3 is 2.50 bits per heavy atom. The minimum absolute atomic E-state index is 0.124. The summed E-state index contributed by atoms with van der Waals surface area (Å²) in [6, 6.07) is 17.1. The number of imidazole rings is 1. The van der Waals surface area contributed by atoms with Gasteiger partial charge in [0.05, 0.1) is 6.33 Å². The number of aryl methyl sites for hydroxylation is 1. The van der Waals surface area contributed by atoms with Crippen molar-refractivity contribution in [3.05, 3.63) is 89.5 Å². The van der Waals surface area contributed by atoms with Crippen LogP contribution in [0.1, 0.15) is 35.1 Å². The molecule has 0 unspecified atom stereocenters. The maximum Gasteiger partial charge on any atom is 0.223 e. The predicted octanol–water partition coefficient (Wildman–Crippen LogP) is 3.77. The van der Waals surface area contributed by atoms with E-state index < -0.39 is 0 Å². The summed E-state index contributed by atoms with van der Waals surface area (Å²) in [7, 11) is 0. The van der Waals surface area contributed by atoms with Crippen molar-refractivity contribution in [1.82, 2.24) is 19.8 Å². The normalized spacial score (nSPS) is 15.2. The lowest BCUT2D eigenvalue weighted by Crippen LogP contribution is -2.40. The van der Waals surface area contributed by atoms with Crippen molar-refractivity contribution >= 4 is 5.91 Å². The molecule has 0 saturated carbocycles. The van der Waals surface area contributed by atoms with Crippen LogP contribution in [-0.4, -0.2) is 33.4 Å². The molecule has 0 aliphatic carbocycles. The molecule has 1 aliphatic heterocycles. The van der Waals surface area contributed by atoms with Crippen LogP contribution in [0.15, 0.2) is 67.3 Å². The molecule has 1 aliphatic rings. The van der Waals surface area contributed by atoms with Gasteiger partial charge in [0.15, 0.2) is 0 Å². The fourth-order valence-electron chi connectivity index (χ4n) is 4.11. The second-order valence-electron chi connectivity index (χ2n) is 8.31. The van der Waals surface area contributed by atoms with Crippen LogP contribution in [0.2, 0.25) is 0 Å². The number of piperidine rings is 1. The summed E-state index contributed by atoms with van der Waals surface area (Å²) in [5.74, 6) is 0.312. The molecule has 0 bridgehead atoms. The fourth-order valence-corrected chi connectivity index (χ4v) is 4.11. The lowest BCUT2D eigenvalue weighted by molar-refractivity contribution is -0.126. The minimum Gasteiger partial charge on any atom is -0.352 e. The average molecular weight is 403 g/mol. The zero-order valence-corrected chi connectivity index (χ0v) is 17.6. The highest BCUT2D eigenvalue weighted by atomic mass is 16.1. The molecular formula is C25H30N4O. The lowest BCUT2D eigenvalue weighted by atomic mass is 9.95. The maximum atomic E-state index is 12.6. The average Bonchev–Trinajstić information content (AvgIpc) is 3.27. The maximum absolute atomic E-state index is 12.6. The van der Waals surface area contributed by atoms with Crippen molar-refractivity contribution in [2.75, 3.05) is 13.1 Å². The van der Waals surface area contributed by atoms with Crippen molar-refractivity contribution in [2.24, 2.45) is 5.92 Å². The molecule has 5 heteroatoms. The SMILES string of the molecule is Cc1cccc(CN2CCC(C(=O)NCc3ccc(Cn4ccnc4)cc3)CC2)c1. The Balaban J connectivity index is 1.20. The van der Waals surface area contributed by atoms with E-state index in [0.29, 0.717) is 6.54 Å². The molecule has 0 atom stereocenters. The summed E-state index contributed by atoms with van der Waals surface area (Å²) in [4.78, 5) is 19.1. The highest BCUT2D eigenvalue weighted by Crippen LogP contribution is 2.20. The van der Waals surface area contributed by atoms with Gasteiger partial charge in [-0.1, -0.05) is 54.1 Å². The smallest absolute Gasteiger partial charge is 0.223 e. The van der Waals surface area contributed by atoms with Gasteiger partial charge in [-0.05, 0) is 49.5 Å². The van der Waals surface area contributed by atoms with Gasteiger partial charge in [0, 0.05) is 37.9 Å². The summed E-state index contributed by atoms with van der Waals surface area (Å²) in [5, 5.41) is 3.13.